The summed E-state index contributed by atoms with van der Waals surface area (Å²) >= 11 is 0. The Morgan fingerprint density at radius 3 is 2.37 bits per heavy atom. The van der Waals surface area contributed by atoms with Gasteiger partial charge in [-0.2, -0.15) is 0 Å². The molecule has 0 aromatic heterocycles. The first-order chi connectivity index (χ1) is 8.91. The highest BCUT2D eigenvalue weighted by atomic mass is 16.5. The smallest absolute Gasteiger partial charge is 0.306 e. The molecule has 0 aliphatic heterocycles. The number of hydrogen-bond donors (Lipinski definition) is 2. The zero-order chi connectivity index (χ0) is 14.5. The third kappa shape index (κ3) is 3.94. The monoisotopic (exact) mass is 270 g/mol. The summed E-state index contributed by atoms with van der Waals surface area (Å²) < 4.78 is 4.51. The highest BCUT2D eigenvalue weighted by molar-refractivity contribution is 5.85. The van der Waals surface area contributed by atoms with E-state index in [0.717, 1.165) is 12.8 Å². The fourth-order valence-electron chi connectivity index (χ4n) is 2.42. The van der Waals surface area contributed by atoms with E-state index in [1.54, 1.807) is 6.92 Å². The number of nitrogens with two attached hydrogens (primary N) is 1. The van der Waals surface area contributed by atoms with Crippen molar-refractivity contribution in [3.8, 4) is 0 Å². The number of hydrogen-bond acceptors (Lipinski definition) is 4. The van der Waals surface area contributed by atoms with Crippen LogP contribution in [-0.4, -0.2) is 31.4 Å². The van der Waals surface area contributed by atoms with Crippen molar-refractivity contribution in [3.05, 3.63) is 0 Å². The van der Waals surface area contributed by atoms with Crippen LogP contribution in [0.15, 0.2) is 0 Å². The maximum absolute atomic E-state index is 11.8. The van der Waals surface area contributed by atoms with Gasteiger partial charge in [0.25, 0.3) is 0 Å². The van der Waals surface area contributed by atoms with E-state index in [4.69, 9.17) is 5.73 Å². The average molecular weight is 270 g/mol. The summed E-state index contributed by atoms with van der Waals surface area (Å²) in [4.78, 5) is 34.5. The summed E-state index contributed by atoms with van der Waals surface area (Å²) in [5.74, 6) is -1.50. The molecule has 6 nitrogen and oxygen atoms in total. The Balaban J connectivity index is 2.48. The Labute approximate surface area is 113 Å². The molecule has 0 spiro atoms. The second-order valence-electron chi connectivity index (χ2n) is 5.25. The van der Waals surface area contributed by atoms with Crippen molar-refractivity contribution in [1.29, 1.82) is 0 Å². The number of amides is 2. The summed E-state index contributed by atoms with van der Waals surface area (Å²) in [5.41, 5.74) is 4.82. The highest BCUT2D eigenvalue weighted by Crippen LogP contribution is 2.37. The summed E-state index contributed by atoms with van der Waals surface area (Å²) in [5, 5.41) is 2.73. The fourth-order valence-corrected chi connectivity index (χ4v) is 2.42. The second-order valence-corrected chi connectivity index (χ2v) is 5.25. The number of esters is 1. The maximum Gasteiger partial charge on any atom is 0.306 e. The predicted molar refractivity (Wildman–Crippen MR) is 68.9 cm³/mol. The van der Waals surface area contributed by atoms with Gasteiger partial charge >= 0.3 is 5.97 Å². The Morgan fingerprint density at radius 2 is 1.89 bits per heavy atom. The molecule has 6 heteroatoms. The van der Waals surface area contributed by atoms with Crippen LogP contribution in [0.25, 0.3) is 0 Å². The Bertz CT molecular complexity index is 362. The van der Waals surface area contributed by atoms with Gasteiger partial charge < -0.3 is 15.8 Å². The molecule has 1 fully saturated rings. The molecular weight excluding hydrogens is 248 g/mol. The van der Waals surface area contributed by atoms with Crippen molar-refractivity contribution in [3.63, 3.8) is 0 Å². The van der Waals surface area contributed by atoms with Gasteiger partial charge in [-0.05, 0) is 12.8 Å². The van der Waals surface area contributed by atoms with Crippen LogP contribution in [-0.2, 0) is 19.1 Å². The maximum atomic E-state index is 11.8. The number of rotatable bonds is 6. The van der Waals surface area contributed by atoms with Gasteiger partial charge in [-0.3, -0.25) is 14.4 Å². The van der Waals surface area contributed by atoms with E-state index in [0.29, 0.717) is 12.8 Å². The van der Waals surface area contributed by atoms with Crippen molar-refractivity contribution in [2.24, 2.45) is 17.1 Å². The zero-order valence-electron chi connectivity index (χ0n) is 11.5. The van der Waals surface area contributed by atoms with Crippen LogP contribution in [0.2, 0.25) is 0 Å². The lowest BCUT2D eigenvalue weighted by Crippen LogP contribution is -2.46. The van der Waals surface area contributed by atoms with Crippen LogP contribution >= 0.6 is 0 Å². The largest absolute Gasteiger partial charge is 0.469 e. The van der Waals surface area contributed by atoms with Crippen molar-refractivity contribution in [2.45, 2.75) is 39.0 Å². The summed E-state index contributed by atoms with van der Waals surface area (Å²) in [7, 11) is 1.29. The van der Waals surface area contributed by atoms with Gasteiger partial charge in [-0.15, -0.1) is 0 Å². The standard InChI is InChI=1S/C13H22N2O4/c1-9(7-10(16)19-2)11(17)15-8-13(12(14)18)5-3-4-6-13/h9H,3-8H2,1-2H3,(H2,14,18)(H,15,17)/t9-/m1/s1. The molecule has 0 saturated heterocycles. The minimum Gasteiger partial charge on any atom is -0.469 e. The molecule has 0 radical (unpaired) electrons. The Hall–Kier alpha value is -1.59. The SMILES string of the molecule is COC(=O)C[C@@H](C)C(=O)NCC1(C(N)=O)CCCC1. The summed E-state index contributed by atoms with van der Waals surface area (Å²) in [6.45, 7) is 1.91. The van der Waals surface area contributed by atoms with Crippen LogP contribution in [0.1, 0.15) is 39.0 Å². The van der Waals surface area contributed by atoms with Gasteiger partial charge in [0.2, 0.25) is 11.8 Å². The van der Waals surface area contributed by atoms with Crippen LogP contribution in [0.3, 0.4) is 0 Å². The first kappa shape index (κ1) is 15.5. The molecular formula is C13H22N2O4. The lowest BCUT2D eigenvalue weighted by Gasteiger charge is -2.26. The van der Waals surface area contributed by atoms with E-state index in [2.05, 4.69) is 10.1 Å². The van der Waals surface area contributed by atoms with Gasteiger partial charge in [0.1, 0.15) is 0 Å². The lowest BCUT2D eigenvalue weighted by molar-refractivity contribution is -0.144. The predicted octanol–water partition coefficient (Wildman–Crippen LogP) is 0.347. The number of carbonyl (C=O) groups is 3. The number of carbonyl (C=O) groups excluding carboxylic acids is 3. The molecule has 1 rings (SSSR count). The van der Waals surface area contributed by atoms with Crippen molar-refractivity contribution >= 4 is 17.8 Å². The molecule has 19 heavy (non-hydrogen) atoms. The summed E-state index contributed by atoms with van der Waals surface area (Å²) in [6.07, 6.45) is 3.38. The van der Waals surface area contributed by atoms with Gasteiger partial charge in [-0.25, -0.2) is 0 Å². The molecule has 108 valence electrons. The van der Waals surface area contributed by atoms with E-state index >= 15 is 0 Å². The molecule has 1 atom stereocenters. The highest BCUT2D eigenvalue weighted by Gasteiger charge is 2.39. The second kappa shape index (κ2) is 6.54. The molecule has 1 aliphatic rings. The molecule has 1 aliphatic carbocycles. The summed E-state index contributed by atoms with van der Waals surface area (Å²) in [6, 6.07) is 0. The molecule has 0 heterocycles. The van der Waals surface area contributed by atoms with Crippen LogP contribution in [0.4, 0.5) is 0 Å². The Kier molecular flexibility index (Phi) is 5.32. The first-order valence-corrected chi connectivity index (χ1v) is 6.56. The lowest BCUT2D eigenvalue weighted by atomic mass is 9.85. The normalized spacial score (nSPS) is 18.6. The van der Waals surface area contributed by atoms with Crippen LogP contribution in [0.5, 0.6) is 0 Å². The van der Waals surface area contributed by atoms with Gasteiger partial charge in [0.05, 0.1) is 18.9 Å². The van der Waals surface area contributed by atoms with Gasteiger partial charge in [0.15, 0.2) is 0 Å². The van der Waals surface area contributed by atoms with Crippen LogP contribution < -0.4 is 11.1 Å². The Morgan fingerprint density at radius 1 is 1.32 bits per heavy atom. The molecule has 0 bridgehead atoms. The first-order valence-electron chi connectivity index (χ1n) is 6.56. The van der Waals surface area contributed by atoms with Gasteiger partial charge in [-0.1, -0.05) is 19.8 Å². The third-order valence-corrected chi connectivity index (χ3v) is 3.83. The van der Waals surface area contributed by atoms with Crippen molar-refractivity contribution in [1.82, 2.24) is 5.32 Å². The molecule has 2 amide bonds. The van der Waals surface area contributed by atoms with Gasteiger partial charge in [0, 0.05) is 12.5 Å². The molecule has 0 aromatic rings. The number of ether oxygens (including phenoxy) is 1. The van der Waals surface area contributed by atoms with Crippen LogP contribution in [0, 0.1) is 11.3 Å². The quantitative estimate of drug-likeness (QED) is 0.680. The number of primary amides is 1. The average Bonchev–Trinajstić information content (AvgIpc) is 2.85. The zero-order valence-corrected chi connectivity index (χ0v) is 11.5. The molecule has 3 N–H and O–H groups in total. The van der Waals surface area contributed by atoms with E-state index in [9.17, 15) is 14.4 Å². The fraction of sp³-hybridized carbons (Fsp3) is 0.769. The molecule has 0 unspecified atom stereocenters. The molecule has 0 aromatic carbocycles. The van der Waals surface area contributed by atoms with E-state index in [-0.39, 0.29) is 24.8 Å². The topological polar surface area (TPSA) is 98.5 Å². The van der Waals surface area contributed by atoms with Crippen molar-refractivity contribution < 1.29 is 19.1 Å². The third-order valence-electron chi connectivity index (χ3n) is 3.83. The van der Waals surface area contributed by atoms with E-state index < -0.39 is 17.3 Å². The minimum atomic E-state index is -0.610. The van der Waals surface area contributed by atoms with E-state index in [1.807, 2.05) is 0 Å². The van der Waals surface area contributed by atoms with Crippen molar-refractivity contribution in [2.75, 3.05) is 13.7 Å². The minimum absolute atomic E-state index is 0.0336. The number of nitrogens with one attached hydrogen (secondary N) is 1. The molecule has 1 saturated carbocycles. The van der Waals surface area contributed by atoms with E-state index in [1.165, 1.54) is 7.11 Å². The number of methoxy groups -OCH3 is 1.